The number of hydrogen-bond acceptors (Lipinski definition) is 5. The van der Waals surface area contributed by atoms with Crippen molar-refractivity contribution < 1.29 is 4.74 Å². The van der Waals surface area contributed by atoms with Crippen molar-refractivity contribution in [3.63, 3.8) is 0 Å². The van der Waals surface area contributed by atoms with E-state index in [1.165, 1.54) is 31.2 Å². The van der Waals surface area contributed by atoms with Crippen molar-refractivity contribution in [2.75, 3.05) is 19.8 Å². The fourth-order valence-corrected chi connectivity index (χ4v) is 4.75. The third-order valence-corrected chi connectivity index (χ3v) is 6.51. The summed E-state index contributed by atoms with van der Waals surface area (Å²) in [7, 11) is 0. The highest BCUT2D eigenvalue weighted by molar-refractivity contribution is 7.80. The van der Waals surface area contributed by atoms with E-state index < -0.39 is 0 Å². The van der Waals surface area contributed by atoms with Crippen molar-refractivity contribution in [3.05, 3.63) is 35.4 Å². The molecule has 2 aromatic heterocycles. The Labute approximate surface area is 189 Å². The molecule has 1 fully saturated rings. The minimum absolute atomic E-state index is 0.459. The topological polar surface area (TPSA) is 67.6 Å². The Morgan fingerprint density at radius 2 is 2.10 bits per heavy atom. The molecular weight excluding hydrogens is 408 g/mol. The molecule has 0 unspecified atom stereocenters. The van der Waals surface area contributed by atoms with Crippen LogP contribution in [0, 0.1) is 0 Å². The largest absolute Gasteiger partial charge is 0.382 e. The van der Waals surface area contributed by atoms with E-state index in [0.717, 1.165) is 59.8 Å². The fourth-order valence-electron chi connectivity index (χ4n) is 4.43. The van der Waals surface area contributed by atoms with Crippen molar-refractivity contribution in [1.82, 2.24) is 30.3 Å². The molecule has 1 aliphatic carbocycles. The van der Waals surface area contributed by atoms with Crippen LogP contribution in [0.2, 0.25) is 0 Å². The van der Waals surface area contributed by atoms with E-state index >= 15 is 0 Å². The number of hydrogen-bond donors (Lipinski definition) is 1. The summed E-state index contributed by atoms with van der Waals surface area (Å²) in [5.74, 6) is 0. The Balaban J connectivity index is 1.60. The van der Waals surface area contributed by atoms with Crippen molar-refractivity contribution >= 4 is 33.9 Å². The number of tetrazole rings is 1. The molecule has 2 heterocycles. The molecule has 8 heteroatoms. The summed E-state index contributed by atoms with van der Waals surface area (Å²) >= 11 is 5.84. The van der Waals surface area contributed by atoms with Crippen LogP contribution in [-0.2, 0) is 17.7 Å². The van der Waals surface area contributed by atoms with Crippen LogP contribution in [0.25, 0.3) is 16.6 Å². The predicted octanol–water partition coefficient (Wildman–Crippen LogP) is 3.89. The standard InChI is InChI=1S/C23H32N6OS/c1-3-17-10-11-21-18(14-17)15-19(22-25-26-27-29(21)22)16-28(20-8-5-6-9-20)23(31)24-12-7-13-30-4-2/h10-11,14-15,20H,3-9,12-13,16H2,1-2H3,(H,24,31). The van der Waals surface area contributed by atoms with Crippen LogP contribution in [0.5, 0.6) is 0 Å². The first-order chi connectivity index (χ1) is 15.2. The van der Waals surface area contributed by atoms with E-state index in [1.807, 2.05) is 11.4 Å². The van der Waals surface area contributed by atoms with Gasteiger partial charge in [0.2, 0.25) is 0 Å². The summed E-state index contributed by atoms with van der Waals surface area (Å²) in [6, 6.07) is 9.19. The molecular formula is C23H32N6OS. The van der Waals surface area contributed by atoms with Crippen LogP contribution in [-0.4, -0.2) is 55.9 Å². The summed E-state index contributed by atoms with van der Waals surface area (Å²) in [5, 5.41) is 18.0. The van der Waals surface area contributed by atoms with Gasteiger partial charge in [-0.25, -0.2) is 0 Å². The van der Waals surface area contributed by atoms with Gasteiger partial charge in [-0.1, -0.05) is 25.8 Å². The Bertz CT molecular complexity index is 1030. The lowest BCUT2D eigenvalue weighted by Crippen LogP contribution is -2.45. The highest BCUT2D eigenvalue weighted by Crippen LogP contribution is 2.27. The third kappa shape index (κ3) is 4.96. The molecule has 0 radical (unpaired) electrons. The molecule has 1 saturated carbocycles. The van der Waals surface area contributed by atoms with Gasteiger partial charge < -0.3 is 15.0 Å². The minimum atomic E-state index is 0.459. The molecule has 31 heavy (non-hydrogen) atoms. The molecule has 0 amide bonds. The average Bonchev–Trinajstić information content (AvgIpc) is 3.49. The summed E-state index contributed by atoms with van der Waals surface area (Å²) in [5.41, 5.74) is 4.25. The Hall–Kier alpha value is -2.32. The number of rotatable bonds is 9. The number of benzene rings is 1. The van der Waals surface area contributed by atoms with Gasteiger partial charge in [-0.15, -0.1) is 5.10 Å². The van der Waals surface area contributed by atoms with Gasteiger partial charge >= 0.3 is 0 Å². The Morgan fingerprint density at radius 1 is 1.26 bits per heavy atom. The van der Waals surface area contributed by atoms with Crippen LogP contribution in [0.3, 0.4) is 0 Å². The molecule has 1 aromatic carbocycles. The predicted molar refractivity (Wildman–Crippen MR) is 127 cm³/mol. The van der Waals surface area contributed by atoms with Gasteiger partial charge in [-0.3, -0.25) is 0 Å². The van der Waals surface area contributed by atoms with E-state index in [9.17, 15) is 0 Å². The van der Waals surface area contributed by atoms with Gasteiger partial charge in [-0.2, -0.15) is 4.52 Å². The van der Waals surface area contributed by atoms with Crippen LogP contribution < -0.4 is 5.32 Å². The van der Waals surface area contributed by atoms with Crippen LogP contribution >= 0.6 is 12.2 Å². The molecule has 0 saturated heterocycles. The van der Waals surface area contributed by atoms with Gasteiger partial charge in [0.1, 0.15) is 0 Å². The number of fused-ring (bicyclic) bond motifs is 3. The number of nitrogens with one attached hydrogen (secondary N) is 1. The van der Waals surface area contributed by atoms with Crippen molar-refractivity contribution in [3.8, 4) is 0 Å². The molecule has 166 valence electrons. The van der Waals surface area contributed by atoms with Crippen LogP contribution in [0.15, 0.2) is 24.3 Å². The SMILES string of the molecule is CCOCCCNC(=S)N(Cc1cc2cc(CC)ccc2n2nnnc12)C1CCCC1. The first kappa shape index (κ1) is 21.9. The van der Waals surface area contributed by atoms with Gasteiger partial charge in [-0.05, 0) is 79.0 Å². The number of pyridine rings is 1. The first-order valence-electron chi connectivity index (χ1n) is 11.5. The highest BCUT2D eigenvalue weighted by atomic mass is 32.1. The Morgan fingerprint density at radius 3 is 2.87 bits per heavy atom. The van der Waals surface area contributed by atoms with E-state index in [4.69, 9.17) is 17.0 Å². The molecule has 1 N–H and O–H groups in total. The lowest BCUT2D eigenvalue weighted by Gasteiger charge is -2.32. The molecule has 0 bridgehead atoms. The van der Waals surface area contributed by atoms with Gasteiger partial charge in [0.05, 0.1) is 5.52 Å². The van der Waals surface area contributed by atoms with Gasteiger partial charge in [0.15, 0.2) is 10.8 Å². The summed E-state index contributed by atoms with van der Waals surface area (Å²) in [6.07, 6.45) is 6.82. The molecule has 0 atom stereocenters. The second kappa shape index (κ2) is 10.3. The second-order valence-corrected chi connectivity index (χ2v) is 8.57. The van der Waals surface area contributed by atoms with Gasteiger partial charge in [0.25, 0.3) is 0 Å². The number of aryl methyl sites for hydroxylation is 1. The summed E-state index contributed by atoms with van der Waals surface area (Å²) < 4.78 is 7.31. The Kier molecular flexibility index (Phi) is 7.29. The smallest absolute Gasteiger partial charge is 0.184 e. The third-order valence-electron chi connectivity index (χ3n) is 6.13. The number of thiocarbonyl (C=S) groups is 1. The molecule has 7 nitrogen and oxygen atoms in total. The maximum atomic E-state index is 5.84. The molecule has 0 aliphatic heterocycles. The fraction of sp³-hybridized carbons (Fsp3) is 0.565. The zero-order valence-corrected chi connectivity index (χ0v) is 19.3. The summed E-state index contributed by atoms with van der Waals surface area (Å²) in [6.45, 7) is 7.23. The quantitative estimate of drug-likeness (QED) is 0.400. The lowest BCUT2D eigenvalue weighted by atomic mass is 10.1. The van der Waals surface area contributed by atoms with Crippen LogP contribution in [0.4, 0.5) is 0 Å². The maximum absolute atomic E-state index is 5.84. The van der Waals surface area contributed by atoms with E-state index in [2.05, 4.69) is 56.9 Å². The lowest BCUT2D eigenvalue weighted by molar-refractivity contribution is 0.145. The highest BCUT2D eigenvalue weighted by Gasteiger charge is 2.26. The van der Waals surface area contributed by atoms with Crippen molar-refractivity contribution in [2.45, 2.75) is 65.0 Å². The monoisotopic (exact) mass is 440 g/mol. The molecule has 4 rings (SSSR count). The van der Waals surface area contributed by atoms with Crippen molar-refractivity contribution in [2.24, 2.45) is 0 Å². The zero-order valence-electron chi connectivity index (χ0n) is 18.5. The maximum Gasteiger partial charge on any atom is 0.184 e. The summed E-state index contributed by atoms with van der Waals surface area (Å²) in [4.78, 5) is 2.35. The number of ether oxygens (including phenoxy) is 1. The van der Waals surface area contributed by atoms with Gasteiger partial charge in [0, 0.05) is 43.3 Å². The minimum Gasteiger partial charge on any atom is -0.382 e. The van der Waals surface area contributed by atoms with Crippen molar-refractivity contribution in [1.29, 1.82) is 0 Å². The van der Waals surface area contributed by atoms with E-state index in [-0.39, 0.29) is 0 Å². The molecule has 1 aliphatic rings. The normalized spacial score (nSPS) is 14.5. The zero-order chi connectivity index (χ0) is 21.6. The number of nitrogens with zero attached hydrogens (tertiary/aromatic N) is 5. The number of aromatic nitrogens is 4. The molecule has 3 aromatic rings. The second-order valence-electron chi connectivity index (χ2n) is 8.18. The van der Waals surface area contributed by atoms with E-state index in [1.54, 1.807) is 0 Å². The first-order valence-corrected chi connectivity index (χ1v) is 11.9. The molecule has 0 spiro atoms. The van der Waals surface area contributed by atoms with Crippen LogP contribution in [0.1, 0.15) is 57.1 Å². The van der Waals surface area contributed by atoms with E-state index in [0.29, 0.717) is 12.6 Å². The average molecular weight is 441 g/mol.